The third-order valence-electron chi connectivity index (χ3n) is 3.62. The van der Waals surface area contributed by atoms with E-state index < -0.39 is 0 Å². The van der Waals surface area contributed by atoms with E-state index in [4.69, 9.17) is 0 Å². The molecule has 0 aromatic heterocycles. The van der Waals surface area contributed by atoms with Crippen LogP contribution >= 0.6 is 12.4 Å². The quantitative estimate of drug-likeness (QED) is 0.709. The standard InChI is InChI=1S/C10H18N2O.ClH/c1-12(2)9(13)10-5-3-4-8(10)6-11-7-10;/h8,11H,3-7H2,1-2H3;1H/t8-,10-;/m1./s1. The summed E-state index contributed by atoms with van der Waals surface area (Å²) in [7, 11) is 3.73. The number of carbonyl (C=O) groups is 1. The molecule has 3 nitrogen and oxygen atoms in total. The highest BCUT2D eigenvalue weighted by molar-refractivity contribution is 5.85. The Bertz CT molecular complexity index is 220. The Labute approximate surface area is 91.6 Å². The first kappa shape index (κ1) is 11.8. The molecule has 2 atom stereocenters. The maximum Gasteiger partial charge on any atom is 0.229 e. The van der Waals surface area contributed by atoms with Crippen molar-refractivity contribution in [1.29, 1.82) is 0 Å². The summed E-state index contributed by atoms with van der Waals surface area (Å²) in [5.74, 6) is 0.933. The number of nitrogens with zero attached hydrogens (tertiary/aromatic N) is 1. The highest BCUT2D eigenvalue weighted by Crippen LogP contribution is 2.46. The van der Waals surface area contributed by atoms with Gasteiger partial charge in [-0.1, -0.05) is 6.42 Å². The van der Waals surface area contributed by atoms with E-state index in [1.165, 1.54) is 12.8 Å². The molecule has 1 aliphatic carbocycles. The maximum atomic E-state index is 12.0. The molecule has 0 unspecified atom stereocenters. The Morgan fingerprint density at radius 1 is 1.50 bits per heavy atom. The number of hydrogen-bond acceptors (Lipinski definition) is 2. The van der Waals surface area contributed by atoms with Crippen molar-refractivity contribution in [2.45, 2.75) is 19.3 Å². The number of amides is 1. The van der Waals surface area contributed by atoms with Gasteiger partial charge in [0.05, 0.1) is 5.41 Å². The summed E-state index contributed by atoms with van der Waals surface area (Å²) in [6, 6.07) is 0. The molecule has 1 aliphatic heterocycles. The van der Waals surface area contributed by atoms with Crippen LogP contribution in [0, 0.1) is 11.3 Å². The van der Waals surface area contributed by atoms with Crippen molar-refractivity contribution >= 4 is 18.3 Å². The minimum absolute atomic E-state index is 0. The molecule has 2 rings (SSSR count). The molecule has 1 saturated heterocycles. The lowest BCUT2D eigenvalue weighted by atomic mass is 9.79. The largest absolute Gasteiger partial charge is 0.348 e. The highest BCUT2D eigenvalue weighted by Gasteiger charge is 2.52. The lowest BCUT2D eigenvalue weighted by molar-refractivity contribution is -0.139. The Balaban J connectivity index is 0.000000980. The summed E-state index contributed by atoms with van der Waals surface area (Å²) in [5.41, 5.74) is -0.0382. The van der Waals surface area contributed by atoms with Gasteiger partial charge in [0.15, 0.2) is 0 Å². The predicted molar refractivity (Wildman–Crippen MR) is 58.6 cm³/mol. The Morgan fingerprint density at radius 2 is 2.21 bits per heavy atom. The third kappa shape index (κ3) is 1.52. The number of nitrogens with one attached hydrogen (secondary N) is 1. The summed E-state index contributed by atoms with van der Waals surface area (Å²) in [6.45, 7) is 1.94. The van der Waals surface area contributed by atoms with E-state index >= 15 is 0 Å². The number of hydrogen-bond donors (Lipinski definition) is 1. The van der Waals surface area contributed by atoms with Crippen molar-refractivity contribution in [3.8, 4) is 0 Å². The second-order valence-electron chi connectivity index (χ2n) is 4.58. The summed E-state index contributed by atoms with van der Waals surface area (Å²) in [6.07, 6.45) is 3.54. The van der Waals surface area contributed by atoms with Crippen LogP contribution in [0.1, 0.15) is 19.3 Å². The highest BCUT2D eigenvalue weighted by atomic mass is 35.5. The normalized spacial score (nSPS) is 34.9. The van der Waals surface area contributed by atoms with Gasteiger partial charge in [0, 0.05) is 20.6 Å². The average Bonchev–Trinajstić information content (AvgIpc) is 2.59. The van der Waals surface area contributed by atoms with Gasteiger partial charge >= 0.3 is 0 Å². The van der Waals surface area contributed by atoms with E-state index in [2.05, 4.69) is 5.32 Å². The van der Waals surface area contributed by atoms with Crippen LogP contribution in [0.15, 0.2) is 0 Å². The van der Waals surface area contributed by atoms with Crippen LogP contribution in [-0.2, 0) is 4.79 Å². The molecular weight excluding hydrogens is 200 g/mol. The van der Waals surface area contributed by atoms with E-state index in [9.17, 15) is 4.79 Å². The van der Waals surface area contributed by atoms with Gasteiger partial charge in [-0.25, -0.2) is 0 Å². The zero-order valence-corrected chi connectivity index (χ0v) is 9.69. The maximum absolute atomic E-state index is 12.0. The van der Waals surface area contributed by atoms with Crippen LogP contribution in [-0.4, -0.2) is 38.0 Å². The zero-order valence-electron chi connectivity index (χ0n) is 8.88. The number of carbonyl (C=O) groups excluding carboxylic acids is 1. The molecule has 0 aromatic rings. The number of fused-ring (bicyclic) bond motifs is 1. The lowest BCUT2D eigenvalue weighted by Crippen LogP contribution is -2.43. The molecule has 2 fully saturated rings. The molecule has 14 heavy (non-hydrogen) atoms. The fourth-order valence-corrected chi connectivity index (χ4v) is 2.95. The predicted octanol–water partition coefficient (Wildman–Crippen LogP) is 0.886. The van der Waals surface area contributed by atoms with E-state index in [1.54, 1.807) is 4.90 Å². The van der Waals surface area contributed by atoms with Gasteiger partial charge < -0.3 is 10.2 Å². The molecule has 1 heterocycles. The van der Waals surface area contributed by atoms with Crippen molar-refractivity contribution in [3.05, 3.63) is 0 Å². The van der Waals surface area contributed by atoms with Gasteiger partial charge in [0.25, 0.3) is 0 Å². The van der Waals surface area contributed by atoms with Crippen molar-refractivity contribution in [3.63, 3.8) is 0 Å². The monoisotopic (exact) mass is 218 g/mol. The van der Waals surface area contributed by atoms with Gasteiger partial charge in [0.2, 0.25) is 5.91 Å². The molecular formula is C10H19ClN2O. The molecule has 1 saturated carbocycles. The fourth-order valence-electron chi connectivity index (χ4n) is 2.95. The van der Waals surface area contributed by atoms with Gasteiger partial charge in [-0.15, -0.1) is 12.4 Å². The minimum Gasteiger partial charge on any atom is -0.348 e. The summed E-state index contributed by atoms with van der Waals surface area (Å²) < 4.78 is 0. The SMILES string of the molecule is CN(C)C(=O)[C@@]12CCC[C@@H]1CNC2.Cl. The van der Waals surface area contributed by atoms with Gasteiger partial charge in [-0.2, -0.15) is 0 Å². The first-order valence-corrected chi connectivity index (χ1v) is 5.09. The van der Waals surface area contributed by atoms with E-state index in [1.807, 2.05) is 14.1 Å². The Morgan fingerprint density at radius 3 is 2.86 bits per heavy atom. The van der Waals surface area contributed by atoms with Crippen LogP contribution < -0.4 is 5.32 Å². The van der Waals surface area contributed by atoms with Gasteiger partial charge in [-0.05, 0) is 25.3 Å². The van der Waals surface area contributed by atoms with E-state index in [-0.39, 0.29) is 17.8 Å². The Hall–Kier alpha value is -0.280. The van der Waals surface area contributed by atoms with Crippen molar-refractivity contribution in [2.24, 2.45) is 11.3 Å². The summed E-state index contributed by atoms with van der Waals surface area (Å²) in [5, 5.41) is 3.35. The molecule has 1 N–H and O–H groups in total. The Kier molecular flexibility index (Phi) is 3.43. The minimum atomic E-state index is -0.0382. The van der Waals surface area contributed by atoms with Crippen LogP contribution in [0.25, 0.3) is 0 Å². The molecule has 0 radical (unpaired) electrons. The molecule has 1 amide bonds. The molecule has 82 valence electrons. The van der Waals surface area contributed by atoms with Gasteiger partial charge in [0.1, 0.15) is 0 Å². The molecule has 0 spiro atoms. The van der Waals surface area contributed by atoms with Crippen molar-refractivity contribution < 1.29 is 4.79 Å². The smallest absolute Gasteiger partial charge is 0.229 e. The zero-order chi connectivity index (χ0) is 9.47. The first-order chi connectivity index (χ1) is 6.17. The van der Waals surface area contributed by atoms with Gasteiger partial charge in [-0.3, -0.25) is 4.79 Å². The number of halogens is 1. The average molecular weight is 219 g/mol. The molecule has 2 aliphatic rings. The number of rotatable bonds is 1. The second kappa shape index (κ2) is 4.07. The van der Waals surface area contributed by atoms with Crippen molar-refractivity contribution in [2.75, 3.05) is 27.2 Å². The topological polar surface area (TPSA) is 32.3 Å². The fraction of sp³-hybridized carbons (Fsp3) is 0.900. The van der Waals surface area contributed by atoms with Crippen LogP contribution in [0.4, 0.5) is 0 Å². The molecule has 4 heteroatoms. The van der Waals surface area contributed by atoms with E-state index in [0.29, 0.717) is 11.8 Å². The first-order valence-electron chi connectivity index (χ1n) is 5.09. The second-order valence-corrected chi connectivity index (χ2v) is 4.58. The summed E-state index contributed by atoms with van der Waals surface area (Å²) >= 11 is 0. The van der Waals surface area contributed by atoms with Crippen molar-refractivity contribution in [1.82, 2.24) is 10.2 Å². The molecule has 0 bridgehead atoms. The summed E-state index contributed by atoms with van der Waals surface area (Å²) in [4.78, 5) is 13.8. The van der Waals surface area contributed by atoms with Crippen LogP contribution in [0.2, 0.25) is 0 Å². The van der Waals surface area contributed by atoms with Crippen LogP contribution in [0.3, 0.4) is 0 Å². The van der Waals surface area contributed by atoms with Crippen LogP contribution in [0.5, 0.6) is 0 Å². The molecule has 0 aromatic carbocycles. The third-order valence-corrected chi connectivity index (χ3v) is 3.62. The van der Waals surface area contributed by atoms with E-state index in [0.717, 1.165) is 19.5 Å². The lowest BCUT2D eigenvalue weighted by Gasteiger charge is -2.29.